The van der Waals surface area contributed by atoms with Crippen LogP contribution in [0.25, 0.3) is 11.2 Å². The van der Waals surface area contributed by atoms with E-state index in [1.54, 1.807) is 0 Å². The van der Waals surface area contributed by atoms with Gasteiger partial charge in [0.2, 0.25) is 5.88 Å². The van der Waals surface area contributed by atoms with Crippen molar-refractivity contribution >= 4 is 28.9 Å². The predicted molar refractivity (Wildman–Crippen MR) is 79.9 cm³/mol. The first-order chi connectivity index (χ1) is 10.1. The van der Waals surface area contributed by atoms with Gasteiger partial charge in [-0.25, -0.2) is 9.97 Å². The molecular weight excluding hydrogens is 292 g/mol. The van der Waals surface area contributed by atoms with Crippen molar-refractivity contribution in [2.45, 2.75) is 37.9 Å². The number of fused-ring (bicyclic) bond motifs is 1. The van der Waals surface area contributed by atoms with Gasteiger partial charge in [-0.05, 0) is 13.3 Å². The number of carboxylic acids is 1. The molecule has 114 valence electrons. The van der Waals surface area contributed by atoms with E-state index in [9.17, 15) is 4.79 Å². The lowest BCUT2D eigenvalue weighted by atomic mass is 10.2. The van der Waals surface area contributed by atoms with E-state index >= 15 is 0 Å². The molecule has 1 atom stereocenters. The van der Waals surface area contributed by atoms with E-state index in [1.165, 1.54) is 25.2 Å². The van der Waals surface area contributed by atoms with E-state index in [2.05, 4.69) is 28.8 Å². The van der Waals surface area contributed by atoms with E-state index < -0.39 is 5.97 Å². The van der Waals surface area contributed by atoms with Gasteiger partial charge in [-0.3, -0.25) is 4.79 Å². The van der Waals surface area contributed by atoms with Crippen molar-refractivity contribution in [3.8, 4) is 5.88 Å². The lowest BCUT2D eigenvalue weighted by molar-refractivity contribution is -0.133. The highest BCUT2D eigenvalue weighted by Crippen LogP contribution is 2.31. The molecule has 1 unspecified atom stereocenters. The van der Waals surface area contributed by atoms with Crippen LogP contribution < -0.4 is 4.74 Å². The van der Waals surface area contributed by atoms with Gasteiger partial charge >= 0.3 is 5.97 Å². The van der Waals surface area contributed by atoms with Crippen molar-refractivity contribution in [2.75, 3.05) is 12.9 Å². The molecule has 0 aromatic carbocycles. The zero-order valence-electron chi connectivity index (χ0n) is 12.2. The van der Waals surface area contributed by atoms with Gasteiger partial charge in [0.1, 0.15) is 6.33 Å². The monoisotopic (exact) mass is 310 g/mol. The van der Waals surface area contributed by atoms with Crippen LogP contribution in [-0.4, -0.2) is 43.5 Å². The van der Waals surface area contributed by atoms with Crippen LogP contribution in [0, 0.1) is 0 Å². The van der Waals surface area contributed by atoms with E-state index in [0.717, 1.165) is 12.8 Å². The zero-order valence-corrected chi connectivity index (χ0v) is 13.1. The number of ether oxygens (including phenoxy) is 1. The summed E-state index contributed by atoms with van der Waals surface area (Å²) in [6.07, 6.45) is 3.41. The standard InChI is InChI=1S/C13H18N4O3S/c1-4-5-8(2)17-11-10(12(20-3)15-7-14-11)16-13(17)21-6-9(18)19/h7-8H,4-6H2,1-3H3,(H,18,19). The number of imidazole rings is 1. The maximum Gasteiger partial charge on any atom is 0.313 e. The smallest absolute Gasteiger partial charge is 0.313 e. The fraction of sp³-hybridized carbons (Fsp3) is 0.538. The Morgan fingerprint density at radius 2 is 2.29 bits per heavy atom. The number of aliphatic carboxylic acids is 1. The van der Waals surface area contributed by atoms with Gasteiger partial charge in [0.25, 0.3) is 0 Å². The van der Waals surface area contributed by atoms with Gasteiger partial charge in [0, 0.05) is 6.04 Å². The van der Waals surface area contributed by atoms with E-state index in [1.807, 2.05) is 4.57 Å². The van der Waals surface area contributed by atoms with Crippen molar-refractivity contribution in [3.63, 3.8) is 0 Å². The summed E-state index contributed by atoms with van der Waals surface area (Å²) in [6.45, 7) is 4.18. The minimum absolute atomic E-state index is 0.0437. The van der Waals surface area contributed by atoms with E-state index in [-0.39, 0.29) is 11.8 Å². The first-order valence-electron chi connectivity index (χ1n) is 6.70. The molecule has 7 nitrogen and oxygen atoms in total. The second kappa shape index (κ2) is 6.75. The molecule has 1 N–H and O–H groups in total. The maximum atomic E-state index is 10.8. The Kier molecular flexibility index (Phi) is 5.00. The molecule has 0 aliphatic heterocycles. The topological polar surface area (TPSA) is 90.1 Å². The molecule has 21 heavy (non-hydrogen) atoms. The highest BCUT2D eigenvalue weighted by atomic mass is 32.2. The zero-order chi connectivity index (χ0) is 15.4. The molecule has 0 fully saturated rings. The number of methoxy groups -OCH3 is 1. The fourth-order valence-corrected chi connectivity index (χ4v) is 3.00. The number of rotatable bonds is 7. The molecule has 2 aromatic heterocycles. The quantitative estimate of drug-likeness (QED) is 0.785. The van der Waals surface area contributed by atoms with Crippen LogP contribution in [0.4, 0.5) is 0 Å². The molecule has 0 spiro atoms. The third-order valence-corrected chi connectivity index (χ3v) is 4.01. The summed E-state index contributed by atoms with van der Waals surface area (Å²) in [4.78, 5) is 23.6. The summed E-state index contributed by atoms with van der Waals surface area (Å²) in [5.74, 6) is -0.516. The lowest BCUT2D eigenvalue weighted by Gasteiger charge is -2.15. The minimum Gasteiger partial charge on any atom is -0.481 e. The summed E-state index contributed by atoms with van der Waals surface area (Å²) in [5, 5.41) is 9.50. The van der Waals surface area contributed by atoms with Crippen molar-refractivity contribution in [1.29, 1.82) is 0 Å². The lowest BCUT2D eigenvalue weighted by Crippen LogP contribution is -2.08. The molecule has 8 heteroatoms. The van der Waals surface area contributed by atoms with Crippen LogP contribution in [0.2, 0.25) is 0 Å². The van der Waals surface area contributed by atoms with Crippen molar-refractivity contribution in [1.82, 2.24) is 19.5 Å². The Bertz CT molecular complexity index is 644. The van der Waals surface area contributed by atoms with E-state index in [0.29, 0.717) is 22.2 Å². The van der Waals surface area contributed by atoms with Gasteiger partial charge in [0.05, 0.1) is 12.9 Å². The molecule has 2 aromatic rings. The van der Waals surface area contributed by atoms with Crippen LogP contribution in [-0.2, 0) is 4.79 Å². The number of hydrogen-bond acceptors (Lipinski definition) is 6. The van der Waals surface area contributed by atoms with Crippen molar-refractivity contribution < 1.29 is 14.6 Å². The average molecular weight is 310 g/mol. The second-order valence-electron chi connectivity index (χ2n) is 4.64. The minimum atomic E-state index is -0.875. The Morgan fingerprint density at radius 3 is 2.90 bits per heavy atom. The Balaban J connectivity index is 2.53. The number of hydrogen-bond donors (Lipinski definition) is 1. The molecule has 0 amide bonds. The summed E-state index contributed by atoms with van der Waals surface area (Å²) in [5.41, 5.74) is 1.24. The molecule has 0 saturated heterocycles. The summed E-state index contributed by atoms with van der Waals surface area (Å²) in [6, 6.07) is 0.177. The first kappa shape index (κ1) is 15.6. The maximum absolute atomic E-state index is 10.8. The molecule has 0 saturated carbocycles. The molecular formula is C13H18N4O3S. The fourth-order valence-electron chi connectivity index (χ4n) is 2.19. The van der Waals surface area contributed by atoms with E-state index in [4.69, 9.17) is 9.84 Å². The molecule has 0 bridgehead atoms. The number of carbonyl (C=O) groups is 1. The van der Waals surface area contributed by atoms with Gasteiger partial charge in [-0.1, -0.05) is 25.1 Å². The largest absolute Gasteiger partial charge is 0.481 e. The molecule has 2 rings (SSSR count). The summed E-state index contributed by atoms with van der Waals surface area (Å²) < 4.78 is 7.18. The average Bonchev–Trinajstić information content (AvgIpc) is 2.83. The predicted octanol–water partition coefficient (Wildman–Crippen LogP) is 2.37. The summed E-state index contributed by atoms with van der Waals surface area (Å²) in [7, 11) is 1.53. The SMILES string of the molecule is CCCC(C)n1c(SCC(=O)O)nc2c(OC)ncnc21. The Hall–Kier alpha value is -1.83. The van der Waals surface area contributed by atoms with Crippen LogP contribution >= 0.6 is 11.8 Å². The van der Waals surface area contributed by atoms with Crippen molar-refractivity contribution in [3.05, 3.63) is 6.33 Å². The molecule has 0 aliphatic carbocycles. The Morgan fingerprint density at radius 1 is 1.52 bits per heavy atom. The van der Waals surface area contributed by atoms with Crippen LogP contribution in [0.5, 0.6) is 5.88 Å². The van der Waals surface area contributed by atoms with Crippen molar-refractivity contribution in [2.24, 2.45) is 0 Å². The molecule has 0 aliphatic rings. The van der Waals surface area contributed by atoms with Crippen LogP contribution in [0.3, 0.4) is 0 Å². The number of carboxylic acid groups (broad SMARTS) is 1. The number of nitrogens with zero attached hydrogens (tertiary/aromatic N) is 4. The third-order valence-electron chi connectivity index (χ3n) is 3.08. The van der Waals surface area contributed by atoms with Gasteiger partial charge in [-0.15, -0.1) is 0 Å². The molecule has 0 radical (unpaired) electrons. The van der Waals surface area contributed by atoms with Gasteiger partial charge in [0.15, 0.2) is 16.3 Å². The molecule has 2 heterocycles. The second-order valence-corrected chi connectivity index (χ2v) is 5.58. The number of thioether (sulfide) groups is 1. The third kappa shape index (κ3) is 3.26. The van der Waals surface area contributed by atoms with Crippen LogP contribution in [0.15, 0.2) is 11.5 Å². The number of aromatic nitrogens is 4. The highest BCUT2D eigenvalue weighted by molar-refractivity contribution is 7.99. The first-order valence-corrected chi connectivity index (χ1v) is 7.68. The van der Waals surface area contributed by atoms with Gasteiger partial charge in [-0.2, -0.15) is 4.98 Å². The van der Waals surface area contributed by atoms with Crippen LogP contribution in [0.1, 0.15) is 32.7 Å². The Labute approximate surface area is 126 Å². The van der Waals surface area contributed by atoms with Gasteiger partial charge < -0.3 is 14.4 Å². The summed E-state index contributed by atoms with van der Waals surface area (Å²) >= 11 is 1.18. The normalized spacial score (nSPS) is 12.5. The highest BCUT2D eigenvalue weighted by Gasteiger charge is 2.20.